The number of amides is 1. The van der Waals surface area contributed by atoms with Crippen LogP contribution in [0.4, 0.5) is 0 Å². The van der Waals surface area contributed by atoms with Crippen molar-refractivity contribution in [3.05, 3.63) is 45.0 Å². The lowest BCUT2D eigenvalue weighted by Crippen LogP contribution is -2.68. The predicted octanol–water partition coefficient (Wildman–Crippen LogP) is 2.94. The normalized spacial score (nSPS) is 26.4. The number of methoxy groups -OCH3 is 1. The molecule has 0 aliphatic carbocycles. The van der Waals surface area contributed by atoms with Gasteiger partial charge in [-0.25, -0.2) is 0 Å². The Morgan fingerprint density at radius 2 is 1.93 bits per heavy atom. The zero-order valence-corrected chi connectivity index (χ0v) is 23.8. The number of nitrogens with zero attached hydrogens (tertiary/aromatic N) is 3. The van der Waals surface area contributed by atoms with Gasteiger partial charge in [-0.1, -0.05) is 6.07 Å². The lowest BCUT2D eigenvalue weighted by molar-refractivity contribution is -0.120. The number of aromatic hydroxyl groups is 1. The van der Waals surface area contributed by atoms with E-state index in [0.717, 1.165) is 33.6 Å². The number of piperazine rings is 1. The molecule has 0 saturated carbocycles. The van der Waals surface area contributed by atoms with Gasteiger partial charge in [-0.3, -0.25) is 14.6 Å². The molecule has 2 aromatic carbocycles. The van der Waals surface area contributed by atoms with Gasteiger partial charge in [-0.2, -0.15) is 5.26 Å². The van der Waals surface area contributed by atoms with Crippen LogP contribution in [0.5, 0.6) is 23.0 Å². The molecule has 10 heteroatoms. The number of phenolic OH excluding ortho intramolecular Hbond substituents is 1. The van der Waals surface area contributed by atoms with Gasteiger partial charge < -0.3 is 29.4 Å². The Labute approximate surface area is 234 Å². The van der Waals surface area contributed by atoms with E-state index in [2.05, 4.69) is 48.1 Å². The molecule has 6 rings (SSSR count). The Hall–Kier alpha value is -3.52. The van der Waals surface area contributed by atoms with E-state index >= 15 is 0 Å². The van der Waals surface area contributed by atoms with Crippen LogP contribution in [0, 0.1) is 32.1 Å². The molecule has 1 amide bonds. The molecule has 4 aliphatic heterocycles. The highest BCUT2D eigenvalue weighted by atomic mass is 16.7. The van der Waals surface area contributed by atoms with Gasteiger partial charge in [0.05, 0.1) is 18.2 Å². The van der Waals surface area contributed by atoms with Gasteiger partial charge >= 0.3 is 0 Å². The number of nitrogens with one attached hydrogen (secondary N) is 1. The number of rotatable bonds is 5. The quantitative estimate of drug-likeness (QED) is 0.544. The van der Waals surface area contributed by atoms with E-state index in [1.807, 2.05) is 6.92 Å². The minimum atomic E-state index is -0.460. The molecule has 1 saturated heterocycles. The van der Waals surface area contributed by atoms with Crippen molar-refractivity contribution in [2.75, 3.05) is 34.3 Å². The number of ether oxygens (including phenoxy) is 4. The number of likely N-dealkylation sites (N-methyl/N-ethyl adjacent to an activating group) is 1. The summed E-state index contributed by atoms with van der Waals surface area (Å²) in [4.78, 5) is 16.7. The van der Waals surface area contributed by atoms with Crippen molar-refractivity contribution in [1.29, 1.82) is 5.26 Å². The van der Waals surface area contributed by atoms with Gasteiger partial charge in [0.1, 0.15) is 17.5 Å². The third-order valence-electron chi connectivity index (χ3n) is 9.30. The summed E-state index contributed by atoms with van der Waals surface area (Å²) < 4.78 is 23.3. The molecular weight excluding hydrogens is 512 g/mol. The van der Waals surface area contributed by atoms with Gasteiger partial charge in [-0.05, 0) is 57.4 Å². The Bertz CT molecular complexity index is 1430. The average molecular weight is 549 g/mol. The number of hydrogen-bond donors (Lipinski definition) is 2. The largest absolute Gasteiger partial charge is 0.507 e. The van der Waals surface area contributed by atoms with Crippen LogP contribution < -0.4 is 19.5 Å². The molecule has 0 spiro atoms. The van der Waals surface area contributed by atoms with E-state index in [1.54, 1.807) is 7.11 Å². The molecule has 40 heavy (non-hydrogen) atoms. The van der Waals surface area contributed by atoms with Crippen LogP contribution in [0.15, 0.2) is 6.07 Å². The van der Waals surface area contributed by atoms with Crippen molar-refractivity contribution in [1.82, 2.24) is 15.1 Å². The summed E-state index contributed by atoms with van der Waals surface area (Å²) in [5.74, 6) is 1.95. The van der Waals surface area contributed by atoms with Crippen LogP contribution in [0.2, 0.25) is 0 Å². The molecule has 2 N–H and O–H groups in total. The number of fused-ring (bicyclic) bond motifs is 9. The summed E-state index contributed by atoms with van der Waals surface area (Å²) in [5, 5.41) is 25.1. The first kappa shape index (κ1) is 26.7. The first-order valence-electron chi connectivity index (χ1n) is 13.7. The summed E-state index contributed by atoms with van der Waals surface area (Å²) >= 11 is 0. The maximum atomic E-state index is 12.2. The van der Waals surface area contributed by atoms with Crippen LogP contribution in [-0.4, -0.2) is 73.2 Å². The van der Waals surface area contributed by atoms with Crippen LogP contribution >= 0.6 is 0 Å². The van der Waals surface area contributed by atoms with Crippen molar-refractivity contribution in [3.8, 4) is 29.1 Å². The van der Waals surface area contributed by atoms with Crippen LogP contribution in [0.1, 0.15) is 58.0 Å². The van der Waals surface area contributed by atoms with Crippen LogP contribution in [0.3, 0.4) is 0 Å². The second kappa shape index (κ2) is 9.84. The third kappa shape index (κ3) is 3.75. The van der Waals surface area contributed by atoms with Gasteiger partial charge in [0.2, 0.25) is 12.7 Å². The second-order valence-corrected chi connectivity index (χ2v) is 11.3. The summed E-state index contributed by atoms with van der Waals surface area (Å²) in [5.41, 5.74) is 6.68. The van der Waals surface area contributed by atoms with Crippen molar-refractivity contribution in [2.24, 2.45) is 0 Å². The van der Waals surface area contributed by atoms with Crippen molar-refractivity contribution < 1.29 is 28.8 Å². The lowest BCUT2D eigenvalue weighted by atomic mass is 9.71. The zero-order valence-electron chi connectivity index (χ0n) is 23.8. The topological polar surface area (TPSA) is 117 Å². The van der Waals surface area contributed by atoms with E-state index in [9.17, 15) is 15.2 Å². The standard InChI is InChI=1S/C30H36N4O6/c1-14-7-18-8-20-22(10-31)34-21(26(33(20)5)24(18)28(15(14)2)38-12-37-6)9-19-25(23(34)11-32-17(4)35)30-29(39-13-40-30)16(3)27(19)36/h7,20-23,26,36H,8-9,11-13H2,1-6H3,(H,32,35)/t20-,21?,22+,23+,26+/m1/s1. The molecular formula is C30H36N4O6. The van der Waals surface area contributed by atoms with Gasteiger partial charge in [0.15, 0.2) is 18.3 Å². The number of aryl methyl sites for hydroxylation is 1. The van der Waals surface area contributed by atoms with E-state index < -0.39 is 12.1 Å². The molecule has 4 heterocycles. The molecule has 0 aromatic heterocycles. The molecule has 5 atom stereocenters. The highest BCUT2D eigenvalue weighted by Gasteiger charge is 2.56. The molecule has 2 aromatic rings. The average Bonchev–Trinajstić information content (AvgIpc) is 3.41. The fourth-order valence-electron chi connectivity index (χ4n) is 7.43. The molecule has 1 unspecified atom stereocenters. The highest BCUT2D eigenvalue weighted by Crippen LogP contribution is 2.57. The Kier molecular flexibility index (Phi) is 6.56. The number of carbonyl (C=O) groups excluding carboxylic acids is 1. The minimum Gasteiger partial charge on any atom is -0.507 e. The zero-order chi connectivity index (χ0) is 28.5. The maximum absolute atomic E-state index is 12.2. The first-order valence-corrected chi connectivity index (χ1v) is 13.7. The molecule has 10 nitrogen and oxygen atoms in total. The summed E-state index contributed by atoms with van der Waals surface area (Å²) in [6, 6.07) is 3.60. The van der Waals surface area contributed by atoms with Crippen LogP contribution in [-0.2, 0) is 22.4 Å². The minimum absolute atomic E-state index is 0.0597. The predicted molar refractivity (Wildman–Crippen MR) is 146 cm³/mol. The summed E-state index contributed by atoms with van der Waals surface area (Å²) in [6.07, 6.45) is 1.18. The SMILES string of the molecule is COCOc1c(C)c(C)cc2c1[C@@H]1C3Cc4c(O)c(C)c5c(c4[C@H](CNC(C)=O)N3[C@@H](C#N)[C@@H](C2)N1C)OCO5. The number of carbonyl (C=O) groups is 1. The van der Waals surface area contributed by atoms with Crippen molar-refractivity contribution >= 4 is 5.91 Å². The van der Waals surface area contributed by atoms with Crippen molar-refractivity contribution in [3.63, 3.8) is 0 Å². The fraction of sp³-hybridized carbons (Fsp3) is 0.533. The van der Waals surface area contributed by atoms with E-state index in [4.69, 9.17) is 18.9 Å². The van der Waals surface area contributed by atoms with Gasteiger partial charge in [0, 0.05) is 54.9 Å². The monoisotopic (exact) mass is 548 g/mol. The molecule has 1 fully saturated rings. The lowest BCUT2D eigenvalue weighted by Gasteiger charge is -2.60. The van der Waals surface area contributed by atoms with E-state index in [1.165, 1.54) is 12.5 Å². The number of hydrogen-bond acceptors (Lipinski definition) is 9. The molecule has 212 valence electrons. The maximum Gasteiger partial charge on any atom is 0.231 e. The Morgan fingerprint density at radius 3 is 2.62 bits per heavy atom. The Morgan fingerprint density at radius 1 is 1.18 bits per heavy atom. The van der Waals surface area contributed by atoms with Crippen molar-refractivity contribution in [2.45, 2.75) is 70.7 Å². The third-order valence-corrected chi connectivity index (χ3v) is 9.30. The highest BCUT2D eigenvalue weighted by molar-refractivity contribution is 5.73. The fourth-order valence-corrected chi connectivity index (χ4v) is 7.43. The van der Waals surface area contributed by atoms with Crippen LogP contribution in [0.25, 0.3) is 0 Å². The second-order valence-electron chi connectivity index (χ2n) is 11.3. The first-order chi connectivity index (χ1) is 19.2. The number of benzene rings is 2. The smallest absolute Gasteiger partial charge is 0.231 e. The number of phenols is 1. The van der Waals surface area contributed by atoms with E-state index in [-0.39, 0.29) is 49.9 Å². The molecule has 0 radical (unpaired) electrons. The molecule has 4 aliphatic rings. The van der Waals surface area contributed by atoms with Gasteiger partial charge in [-0.15, -0.1) is 0 Å². The van der Waals surface area contributed by atoms with E-state index in [0.29, 0.717) is 29.9 Å². The summed E-state index contributed by atoms with van der Waals surface area (Å²) in [7, 11) is 3.69. The molecule has 2 bridgehead atoms. The summed E-state index contributed by atoms with van der Waals surface area (Å²) in [6.45, 7) is 7.92. The van der Waals surface area contributed by atoms with Gasteiger partial charge in [0.25, 0.3) is 0 Å². The number of nitriles is 1. The Balaban J connectivity index is 1.59.